The first kappa shape index (κ1) is 17.6. The molecular weight excluding hydrogens is 340 g/mol. The largest absolute Gasteiger partial charge is 0.490 e. The van der Waals surface area contributed by atoms with Crippen LogP contribution in [0.5, 0.6) is 11.6 Å². The zero-order valence-electron chi connectivity index (χ0n) is 14.0. The van der Waals surface area contributed by atoms with Gasteiger partial charge in [-0.25, -0.2) is 9.97 Å². The van der Waals surface area contributed by atoms with Gasteiger partial charge >= 0.3 is 0 Å². The van der Waals surface area contributed by atoms with E-state index < -0.39 is 6.29 Å². The van der Waals surface area contributed by atoms with E-state index in [0.29, 0.717) is 11.2 Å². The third kappa shape index (κ3) is 3.73. The van der Waals surface area contributed by atoms with E-state index in [1.807, 2.05) is 0 Å². The van der Waals surface area contributed by atoms with E-state index in [1.54, 1.807) is 35.1 Å². The summed E-state index contributed by atoms with van der Waals surface area (Å²) in [5, 5.41) is 21.6. The van der Waals surface area contributed by atoms with Gasteiger partial charge in [0.05, 0.1) is 31.0 Å². The number of rotatable bonds is 7. The molecule has 0 aliphatic rings. The predicted molar refractivity (Wildman–Crippen MR) is 91.0 cm³/mol. The molecule has 3 rings (SSSR count). The Morgan fingerprint density at radius 1 is 1.35 bits per heavy atom. The number of pyridine rings is 2. The Morgan fingerprint density at radius 3 is 2.96 bits per heavy atom. The number of aliphatic hydroxyl groups excluding tert-OH is 1. The van der Waals surface area contributed by atoms with Crippen LogP contribution < -0.4 is 14.8 Å². The summed E-state index contributed by atoms with van der Waals surface area (Å²) in [4.78, 5) is 20.4. The number of methoxy groups -OCH3 is 1. The number of aliphatic hydroxyl groups is 2. The van der Waals surface area contributed by atoms with Gasteiger partial charge in [-0.2, -0.15) is 0 Å². The average Bonchev–Trinajstić information content (AvgIpc) is 3.13. The summed E-state index contributed by atoms with van der Waals surface area (Å²) in [6.45, 7) is 0.338. The highest BCUT2D eigenvalue weighted by Gasteiger charge is 2.14. The quantitative estimate of drug-likeness (QED) is 0.416. The second-order valence-electron chi connectivity index (χ2n) is 5.32. The molecule has 0 spiro atoms. The molecule has 3 N–H and O–H groups in total. The first-order valence-corrected chi connectivity index (χ1v) is 7.83. The van der Waals surface area contributed by atoms with Gasteiger partial charge in [0, 0.05) is 24.7 Å². The highest BCUT2D eigenvalue weighted by atomic mass is 16.5. The van der Waals surface area contributed by atoms with Crippen molar-refractivity contribution in [3.05, 3.63) is 54.1 Å². The Balaban J connectivity index is 1.59. The second-order valence-corrected chi connectivity index (χ2v) is 5.32. The Bertz CT molecular complexity index is 909. The Kier molecular flexibility index (Phi) is 5.30. The monoisotopic (exact) mass is 358 g/mol. The van der Waals surface area contributed by atoms with Gasteiger partial charge in [-0.15, -0.1) is 0 Å². The minimum absolute atomic E-state index is 0.122. The summed E-state index contributed by atoms with van der Waals surface area (Å²) >= 11 is 0. The number of fused-ring (bicyclic) bond motifs is 1. The Hall–Kier alpha value is -3.17. The lowest BCUT2D eigenvalue weighted by Crippen LogP contribution is -2.28. The summed E-state index contributed by atoms with van der Waals surface area (Å²) in [6, 6.07) is 4.82. The fourth-order valence-electron chi connectivity index (χ4n) is 2.42. The third-order valence-corrected chi connectivity index (χ3v) is 3.67. The molecular formula is C17H18N4O5. The van der Waals surface area contributed by atoms with Gasteiger partial charge in [0.25, 0.3) is 5.91 Å². The molecule has 3 heterocycles. The molecule has 0 aromatic carbocycles. The lowest BCUT2D eigenvalue weighted by atomic mass is 10.2. The van der Waals surface area contributed by atoms with E-state index in [-0.39, 0.29) is 36.3 Å². The SMILES string of the molecule is COc1cc(C(O)O)c(OCCNC(=O)c2cccn3ccnc23)cn1. The van der Waals surface area contributed by atoms with Gasteiger partial charge < -0.3 is 29.4 Å². The number of imidazole rings is 1. The van der Waals surface area contributed by atoms with Crippen LogP contribution in [-0.4, -0.2) is 50.8 Å². The lowest BCUT2D eigenvalue weighted by molar-refractivity contribution is -0.0444. The van der Waals surface area contributed by atoms with Crippen LogP contribution in [0.4, 0.5) is 0 Å². The number of nitrogens with zero attached hydrogens (tertiary/aromatic N) is 3. The van der Waals surface area contributed by atoms with Crippen molar-refractivity contribution < 1.29 is 24.5 Å². The van der Waals surface area contributed by atoms with E-state index in [9.17, 15) is 15.0 Å². The fraction of sp³-hybridized carbons (Fsp3) is 0.235. The Labute approximate surface area is 148 Å². The van der Waals surface area contributed by atoms with Crippen LogP contribution in [0.1, 0.15) is 22.2 Å². The van der Waals surface area contributed by atoms with Gasteiger partial charge in [0.1, 0.15) is 18.0 Å². The van der Waals surface area contributed by atoms with E-state index in [4.69, 9.17) is 9.47 Å². The van der Waals surface area contributed by atoms with Crippen LogP contribution in [-0.2, 0) is 0 Å². The number of hydrogen-bond donors (Lipinski definition) is 3. The zero-order valence-corrected chi connectivity index (χ0v) is 14.0. The van der Waals surface area contributed by atoms with Crippen molar-refractivity contribution in [2.45, 2.75) is 6.29 Å². The lowest BCUT2D eigenvalue weighted by Gasteiger charge is -2.13. The molecule has 136 valence electrons. The number of hydrogen-bond acceptors (Lipinski definition) is 7. The molecule has 0 radical (unpaired) electrons. The molecule has 1 amide bonds. The molecule has 0 aliphatic heterocycles. The molecule has 3 aromatic heterocycles. The number of nitrogens with one attached hydrogen (secondary N) is 1. The van der Waals surface area contributed by atoms with Crippen LogP contribution in [0.2, 0.25) is 0 Å². The van der Waals surface area contributed by atoms with Crippen molar-refractivity contribution in [3.63, 3.8) is 0 Å². The van der Waals surface area contributed by atoms with Crippen LogP contribution in [0.15, 0.2) is 43.0 Å². The molecule has 0 unspecified atom stereocenters. The van der Waals surface area contributed by atoms with Crippen LogP contribution >= 0.6 is 0 Å². The van der Waals surface area contributed by atoms with Crippen LogP contribution in [0.3, 0.4) is 0 Å². The van der Waals surface area contributed by atoms with Crippen molar-refractivity contribution in [2.75, 3.05) is 20.3 Å². The van der Waals surface area contributed by atoms with Gasteiger partial charge in [-0.05, 0) is 12.1 Å². The van der Waals surface area contributed by atoms with Crippen LogP contribution in [0, 0.1) is 0 Å². The highest BCUT2D eigenvalue weighted by Crippen LogP contribution is 2.26. The van der Waals surface area contributed by atoms with Crippen molar-refractivity contribution in [1.82, 2.24) is 19.7 Å². The Morgan fingerprint density at radius 2 is 2.19 bits per heavy atom. The summed E-state index contributed by atoms with van der Waals surface area (Å²) < 4.78 is 12.2. The first-order chi connectivity index (χ1) is 12.6. The van der Waals surface area contributed by atoms with E-state index in [1.165, 1.54) is 19.4 Å². The predicted octanol–water partition coefficient (Wildman–Crippen LogP) is 0.530. The molecule has 9 heteroatoms. The number of carbonyl (C=O) groups is 1. The van der Waals surface area contributed by atoms with Gasteiger partial charge in [0.2, 0.25) is 5.88 Å². The summed E-state index contributed by atoms with van der Waals surface area (Å²) in [5.74, 6) is 0.160. The number of carbonyl (C=O) groups excluding carboxylic acids is 1. The molecule has 0 aliphatic carbocycles. The van der Waals surface area contributed by atoms with Gasteiger partial charge in [-0.1, -0.05) is 0 Å². The van der Waals surface area contributed by atoms with Crippen molar-refractivity contribution in [2.24, 2.45) is 0 Å². The van der Waals surface area contributed by atoms with Crippen molar-refractivity contribution in [3.8, 4) is 11.6 Å². The molecule has 0 saturated heterocycles. The topological polar surface area (TPSA) is 118 Å². The number of amides is 1. The minimum atomic E-state index is -1.73. The standard InChI is InChI=1S/C17H18N4O5/c1-25-14-9-12(17(23)24)13(10-20-14)26-8-5-19-16(22)11-3-2-6-21-7-4-18-15(11)21/h2-4,6-7,9-10,17,23-24H,5,8H2,1H3,(H,19,22). The molecule has 0 saturated carbocycles. The maximum atomic E-state index is 12.3. The normalized spacial score (nSPS) is 10.9. The molecule has 9 nitrogen and oxygen atoms in total. The average molecular weight is 358 g/mol. The summed E-state index contributed by atoms with van der Waals surface area (Å²) in [6.07, 6.45) is 4.79. The van der Waals surface area contributed by atoms with Crippen molar-refractivity contribution in [1.29, 1.82) is 0 Å². The number of aromatic nitrogens is 3. The highest BCUT2D eigenvalue weighted by molar-refractivity contribution is 5.99. The fourth-order valence-corrected chi connectivity index (χ4v) is 2.42. The molecule has 26 heavy (non-hydrogen) atoms. The number of ether oxygens (including phenoxy) is 2. The molecule has 0 fully saturated rings. The van der Waals surface area contributed by atoms with Crippen molar-refractivity contribution >= 4 is 11.6 Å². The van der Waals surface area contributed by atoms with Crippen LogP contribution in [0.25, 0.3) is 5.65 Å². The van der Waals surface area contributed by atoms with E-state index in [0.717, 1.165) is 0 Å². The van der Waals surface area contributed by atoms with Gasteiger partial charge in [0.15, 0.2) is 6.29 Å². The molecule has 0 atom stereocenters. The second kappa shape index (κ2) is 7.81. The minimum Gasteiger partial charge on any atom is -0.490 e. The van der Waals surface area contributed by atoms with Gasteiger partial charge in [-0.3, -0.25) is 4.79 Å². The maximum Gasteiger partial charge on any atom is 0.255 e. The summed E-state index contributed by atoms with van der Waals surface area (Å²) in [7, 11) is 1.42. The molecule has 0 bridgehead atoms. The summed E-state index contributed by atoms with van der Waals surface area (Å²) in [5.41, 5.74) is 1.15. The first-order valence-electron chi connectivity index (χ1n) is 7.83. The van der Waals surface area contributed by atoms with E-state index >= 15 is 0 Å². The zero-order chi connectivity index (χ0) is 18.5. The smallest absolute Gasteiger partial charge is 0.255 e. The maximum absolute atomic E-state index is 12.3. The van der Waals surface area contributed by atoms with E-state index in [2.05, 4.69) is 15.3 Å². The third-order valence-electron chi connectivity index (χ3n) is 3.67. The molecule has 3 aromatic rings.